The fourth-order valence-electron chi connectivity index (χ4n) is 2.45. The van der Waals surface area contributed by atoms with E-state index in [-0.39, 0.29) is 6.03 Å². The molecule has 0 radical (unpaired) electrons. The SMILES string of the molecule is CCN(CC)C(=O)n1ccc(Sc2ccccc2Oc2ccccc2)n1. The van der Waals surface area contributed by atoms with Crippen LogP contribution in [0.4, 0.5) is 4.79 Å². The van der Waals surface area contributed by atoms with Crippen LogP contribution >= 0.6 is 11.8 Å². The Balaban J connectivity index is 1.77. The van der Waals surface area contributed by atoms with E-state index < -0.39 is 0 Å². The molecule has 134 valence electrons. The average Bonchev–Trinajstić information content (AvgIpc) is 3.14. The fourth-order valence-corrected chi connectivity index (χ4v) is 3.29. The van der Waals surface area contributed by atoms with Gasteiger partial charge in [0.2, 0.25) is 0 Å². The van der Waals surface area contributed by atoms with Crippen molar-refractivity contribution in [2.24, 2.45) is 0 Å². The lowest BCUT2D eigenvalue weighted by molar-refractivity contribution is 0.201. The molecule has 3 aromatic rings. The quantitative estimate of drug-likeness (QED) is 0.605. The summed E-state index contributed by atoms with van der Waals surface area (Å²) in [5.74, 6) is 1.54. The Morgan fingerprint density at radius 1 is 1.04 bits per heavy atom. The molecule has 1 amide bonds. The molecule has 6 heteroatoms. The summed E-state index contributed by atoms with van der Waals surface area (Å²) in [6.45, 7) is 5.23. The Kier molecular flexibility index (Phi) is 5.96. The van der Waals surface area contributed by atoms with Gasteiger partial charge >= 0.3 is 6.03 Å². The first-order valence-electron chi connectivity index (χ1n) is 8.56. The van der Waals surface area contributed by atoms with E-state index in [4.69, 9.17) is 4.74 Å². The van der Waals surface area contributed by atoms with Gasteiger partial charge in [0.05, 0.1) is 4.90 Å². The van der Waals surface area contributed by atoms with Crippen LogP contribution in [0.25, 0.3) is 0 Å². The second-order valence-corrected chi connectivity index (χ2v) is 6.58. The summed E-state index contributed by atoms with van der Waals surface area (Å²) in [5, 5.41) is 5.15. The number of aromatic nitrogens is 2. The molecular weight excluding hydrogens is 346 g/mol. The minimum Gasteiger partial charge on any atom is -0.456 e. The minimum atomic E-state index is -0.115. The van der Waals surface area contributed by atoms with Crippen LogP contribution in [0.15, 0.2) is 76.8 Å². The number of carbonyl (C=O) groups is 1. The molecule has 0 aliphatic heterocycles. The van der Waals surface area contributed by atoms with Gasteiger partial charge in [0.15, 0.2) is 0 Å². The number of amides is 1. The maximum atomic E-state index is 12.4. The number of nitrogens with zero attached hydrogens (tertiary/aromatic N) is 3. The molecule has 0 bridgehead atoms. The molecule has 0 saturated heterocycles. The van der Waals surface area contributed by atoms with Crippen LogP contribution in [0, 0.1) is 0 Å². The van der Waals surface area contributed by atoms with E-state index in [1.165, 1.54) is 16.4 Å². The third kappa shape index (κ3) is 4.26. The molecule has 26 heavy (non-hydrogen) atoms. The second-order valence-electron chi connectivity index (χ2n) is 5.52. The van der Waals surface area contributed by atoms with Gasteiger partial charge in [-0.25, -0.2) is 4.79 Å². The van der Waals surface area contributed by atoms with Crippen molar-refractivity contribution in [2.45, 2.75) is 23.8 Å². The summed E-state index contributed by atoms with van der Waals surface area (Å²) in [7, 11) is 0. The molecule has 1 heterocycles. The maximum absolute atomic E-state index is 12.4. The van der Waals surface area contributed by atoms with Gasteiger partial charge in [0.25, 0.3) is 0 Å². The highest BCUT2D eigenvalue weighted by atomic mass is 32.2. The fraction of sp³-hybridized carbons (Fsp3) is 0.200. The van der Waals surface area contributed by atoms with E-state index in [0.717, 1.165) is 21.4 Å². The molecule has 0 aliphatic rings. The summed E-state index contributed by atoms with van der Waals surface area (Å²) in [6, 6.07) is 19.2. The van der Waals surface area contributed by atoms with Gasteiger partial charge in [-0.2, -0.15) is 9.78 Å². The molecule has 0 aliphatic carbocycles. The Bertz CT molecular complexity index is 860. The molecule has 3 rings (SSSR count). The molecule has 0 atom stereocenters. The van der Waals surface area contributed by atoms with Gasteiger partial charge in [-0.1, -0.05) is 42.1 Å². The van der Waals surface area contributed by atoms with Crippen molar-refractivity contribution in [1.82, 2.24) is 14.7 Å². The van der Waals surface area contributed by atoms with Crippen LogP contribution in [0.2, 0.25) is 0 Å². The van der Waals surface area contributed by atoms with Crippen molar-refractivity contribution in [3.05, 3.63) is 66.9 Å². The van der Waals surface area contributed by atoms with Gasteiger partial charge in [-0.3, -0.25) is 0 Å². The van der Waals surface area contributed by atoms with Crippen LogP contribution < -0.4 is 4.74 Å². The zero-order valence-electron chi connectivity index (χ0n) is 14.8. The Morgan fingerprint density at radius 3 is 2.46 bits per heavy atom. The predicted octanol–water partition coefficient (Wildman–Crippen LogP) is 5.14. The van der Waals surface area contributed by atoms with Gasteiger partial charge < -0.3 is 9.64 Å². The van der Waals surface area contributed by atoms with E-state index >= 15 is 0 Å². The smallest absolute Gasteiger partial charge is 0.344 e. The molecule has 0 spiro atoms. The minimum absolute atomic E-state index is 0.115. The monoisotopic (exact) mass is 367 g/mol. The van der Waals surface area contributed by atoms with Crippen molar-refractivity contribution < 1.29 is 9.53 Å². The largest absolute Gasteiger partial charge is 0.456 e. The second kappa shape index (κ2) is 8.58. The summed E-state index contributed by atoms with van der Waals surface area (Å²) in [5.41, 5.74) is 0. The van der Waals surface area contributed by atoms with E-state index in [1.807, 2.05) is 74.5 Å². The molecule has 1 aromatic heterocycles. The number of rotatable bonds is 6. The average molecular weight is 367 g/mol. The zero-order chi connectivity index (χ0) is 18.4. The summed E-state index contributed by atoms with van der Waals surface area (Å²) < 4.78 is 7.36. The lowest BCUT2D eigenvalue weighted by atomic mass is 10.3. The van der Waals surface area contributed by atoms with Crippen LogP contribution in [0.5, 0.6) is 11.5 Å². The number of para-hydroxylation sites is 2. The Hall–Kier alpha value is -2.73. The van der Waals surface area contributed by atoms with E-state index in [2.05, 4.69) is 5.10 Å². The van der Waals surface area contributed by atoms with Gasteiger partial charge in [0, 0.05) is 19.3 Å². The van der Waals surface area contributed by atoms with Crippen molar-refractivity contribution in [3.63, 3.8) is 0 Å². The first-order chi connectivity index (χ1) is 12.7. The number of carbonyl (C=O) groups excluding carboxylic acids is 1. The normalized spacial score (nSPS) is 10.5. The zero-order valence-corrected chi connectivity index (χ0v) is 15.6. The van der Waals surface area contributed by atoms with Crippen molar-refractivity contribution in [2.75, 3.05) is 13.1 Å². The molecule has 0 N–H and O–H groups in total. The number of hydrogen-bond acceptors (Lipinski definition) is 4. The van der Waals surface area contributed by atoms with Crippen LogP contribution in [-0.2, 0) is 0 Å². The molecule has 5 nitrogen and oxygen atoms in total. The molecule has 0 unspecified atom stereocenters. The highest BCUT2D eigenvalue weighted by Gasteiger charge is 2.14. The number of ether oxygens (including phenoxy) is 1. The topological polar surface area (TPSA) is 47.4 Å². The lowest BCUT2D eigenvalue weighted by Gasteiger charge is -2.17. The highest BCUT2D eigenvalue weighted by Crippen LogP contribution is 2.36. The van der Waals surface area contributed by atoms with Crippen molar-refractivity contribution >= 4 is 17.8 Å². The number of hydrogen-bond donors (Lipinski definition) is 0. The third-order valence-electron chi connectivity index (χ3n) is 3.83. The van der Waals surface area contributed by atoms with Gasteiger partial charge in [-0.05, 0) is 44.2 Å². The standard InChI is InChI=1S/C20H21N3O2S/c1-3-22(4-2)20(24)23-15-14-19(21-23)26-18-13-9-8-12-17(18)25-16-10-6-5-7-11-16/h5-15H,3-4H2,1-2H3. The first-order valence-corrected chi connectivity index (χ1v) is 9.37. The lowest BCUT2D eigenvalue weighted by Crippen LogP contribution is -2.34. The predicted molar refractivity (Wildman–Crippen MR) is 103 cm³/mol. The summed E-state index contributed by atoms with van der Waals surface area (Å²) in [4.78, 5) is 15.0. The van der Waals surface area contributed by atoms with Crippen LogP contribution in [0.3, 0.4) is 0 Å². The first kappa shape index (κ1) is 18.1. The van der Waals surface area contributed by atoms with E-state index in [9.17, 15) is 4.79 Å². The van der Waals surface area contributed by atoms with Gasteiger partial charge in [-0.15, -0.1) is 0 Å². The van der Waals surface area contributed by atoms with Crippen molar-refractivity contribution in [3.8, 4) is 11.5 Å². The Labute approximate surface area is 157 Å². The van der Waals surface area contributed by atoms with Gasteiger partial charge in [0.1, 0.15) is 16.5 Å². The van der Waals surface area contributed by atoms with Crippen LogP contribution in [0.1, 0.15) is 13.8 Å². The van der Waals surface area contributed by atoms with E-state index in [0.29, 0.717) is 13.1 Å². The van der Waals surface area contributed by atoms with E-state index in [1.54, 1.807) is 11.1 Å². The van der Waals surface area contributed by atoms with Crippen molar-refractivity contribution in [1.29, 1.82) is 0 Å². The molecule has 2 aromatic carbocycles. The number of benzene rings is 2. The summed E-state index contributed by atoms with van der Waals surface area (Å²) in [6.07, 6.45) is 1.70. The molecular formula is C20H21N3O2S. The highest BCUT2D eigenvalue weighted by molar-refractivity contribution is 7.99. The molecule has 0 saturated carbocycles. The molecule has 0 fully saturated rings. The summed E-state index contributed by atoms with van der Waals surface area (Å²) >= 11 is 1.47. The third-order valence-corrected chi connectivity index (χ3v) is 4.81. The Morgan fingerprint density at radius 2 is 1.73 bits per heavy atom. The van der Waals surface area contributed by atoms with Crippen LogP contribution in [-0.4, -0.2) is 33.8 Å². The maximum Gasteiger partial charge on any atom is 0.344 e.